The molecule has 4 rings (SSSR count). The van der Waals surface area contributed by atoms with Crippen LogP contribution < -0.4 is 5.32 Å². The third-order valence-corrected chi connectivity index (χ3v) is 6.60. The summed E-state index contributed by atoms with van der Waals surface area (Å²) in [4.78, 5) is 9.26. The van der Waals surface area contributed by atoms with E-state index in [1.165, 1.54) is 28.2 Å². The van der Waals surface area contributed by atoms with E-state index >= 15 is 0 Å². The number of aryl methyl sites for hydroxylation is 2. The summed E-state index contributed by atoms with van der Waals surface area (Å²) in [5, 5.41) is 4.39. The van der Waals surface area contributed by atoms with Gasteiger partial charge in [-0.1, -0.05) is 18.2 Å². The van der Waals surface area contributed by atoms with Crippen LogP contribution in [0.2, 0.25) is 0 Å². The van der Waals surface area contributed by atoms with E-state index in [1.807, 2.05) is 12.3 Å². The molecule has 3 aromatic rings. The standard InChI is InChI=1S/C26H33N5S/c1-18-10-8-11-21(16-18)31-19(2)17-22(20(31)3)25-24(23-12-6-7-13-27-23)28-26(32)30(25)15-9-14-29(4)5/h6-8,10-13,16-17,24-25H,9,14-15H2,1-5H3,(H,28,32)/t24-,25+/m0/s1. The first-order valence-electron chi connectivity index (χ1n) is 11.3. The molecular formula is C26H33N5S. The topological polar surface area (TPSA) is 36.3 Å². The van der Waals surface area contributed by atoms with E-state index in [0.717, 1.165) is 30.3 Å². The number of nitrogens with one attached hydrogen (secondary N) is 1. The fourth-order valence-corrected chi connectivity index (χ4v) is 5.13. The molecule has 0 spiro atoms. The number of rotatable bonds is 7. The first-order valence-corrected chi connectivity index (χ1v) is 11.7. The Kier molecular flexibility index (Phi) is 6.63. The molecule has 0 bridgehead atoms. The van der Waals surface area contributed by atoms with E-state index in [9.17, 15) is 0 Å². The molecule has 1 aromatic carbocycles. The van der Waals surface area contributed by atoms with Crippen molar-refractivity contribution in [3.8, 4) is 5.69 Å². The molecule has 168 valence electrons. The van der Waals surface area contributed by atoms with Gasteiger partial charge in [0.2, 0.25) is 0 Å². The Balaban J connectivity index is 1.77. The van der Waals surface area contributed by atoms with E-state index in [1.54, 1.807) is 0 Å². The molecular weight excluding hydrogens is 414 g/mol. The number of thiocarbonyl (C=S) groups is 1. The smallest absolute Gasteiger partial charge is 0.170 e. The molecule has 0 unspecified atom stereocenters. The average Bonchev–Trinajstić information content (AvgIpc) is 3.24. The molecule has 0 aliphatic carbocycles. The highest BCUT2D eigenvalue weighted by Crippen LogP contribution is 2.41. The molecule has 5 nitrogen and oxygen atoms in total. The van der Waals surface area contributed by atoms with Gasteiger partial charge in [-0.25, -0.2) is 0 Å². The summed E-state index contributed by atoms with van der Waals surface area (Å²) in [5.74, 6) is 0. The van der Waals surface area contributed by atoms with Crippen molar-refractivity contribution < 1.29 is 0 Å². The molecule has 6 heteroatoms. The second kappa shape index (κ2) is 9.43. The Morgan fingerprint density at radius 2 is 1.88 bits per heavy atom. The first-order chi connectivity index (χ1) is 15.4. The van der Waals surface area contributed by atoms with E-state index in [-0.39, 0.29) is 12.1 Å². The lowest BCUT2D eigenvalue weighted by Crippen LogP contribution is -2.32. The number of aromatic nitrogens is 2. The summed E-state index contributed by atoms with van der Waals surface area (Å²) in [5.41, 5.74) is 7.27. The van der Waals surface area contributed by atoms with Gasteiger partial charge >= 0.3 is 0 Å². The van der Waals surface area contributed by atoms with Gasteiger partial charge in [0.15, 0.2) is 5.11 Å². The normalized spacial score (nSPS) is 18.4. The Hall–Kier alpha value is -2.70. The maximum absolute atomic E-state index is 5.83. The third kappa shape index (κ3) is 4.43. The molecule has 0 amide bonds. The largest absolute Gasteiger partial charge is 0.352 e. The number of benzene rings is 1. The zero-order valence-electron chi connectivity index (χ0n) is 19.7. The molecule has 2 aromatic heterocycles. The fourth-order valence-electron chi connectivity index (χ4n) is 4.79. The van der Waals surface area contributed by atoms with Gasteiger partial charge in [-0.3, -0.25) is 4.98 Å². The quantitative estimate of drug-likeness (QED) is 0.530. The van der Waals surface area contributed by atoms with Crippen molar-refractivity contribution in [2.24, 2.45) is 0 Å². The maximum atomic E-state index is 5.83. The van der Waals surface area contributed by atoms with Crippen LogP contribution in [0.5, 0.6) is 0 Å². The minimum Gasteiger partial charge on any atom is -0.352 e. The van der Waals surface area contributed by atoms with E-state index < -0.39 is 0 Å². The lowest BCUT2D eigenvalue weighted by Gasteiger charge is -2.28. The van der Waals surface area contributed by atoms with Crippen molar-refractivity contribution in [3.05, 3.63) is 82.9 Å². The van der Waals surface area contributed by atoms with Crippen LogP contribution in [-0.4, -0.2) is 51.6 Å². The number of hydrogen-bond donors (Lipinski definition) is 1. The van der Waals surface area contributed by atoms with Crippen LogP contribution in [0.1, 0.15) is 46.7 Å². The Morgan fingerprint density at radius 1 is 1.06 bits per heavy atom. The first kappa shape index (κ1) is 22.5. The van der Waals surface area contributed by atoms with Crippen molar-refractivity contribution in [2.75, 3.05) is 27.2 Å². The summed E-state index contributed by atoms with van der Waals surface area (Å²) < 4.78 is 2.36. The highest BCUT2D eigenvalue weighted by Gasteiger charge is 2.41. The third-order valence-electron chi connectivity index (χ3n) is 6.25. The second-order valence-corrected chi connectivity index (χ2v) is 9.36. The molecule has 3 heterocycles. The predicted molar refractivity (Wildman–Crippen MR) is 135 cm³/mol. The van der Waals surface area contributed by atoms with Gasteiger partial charge in [-0.2, -0.15) is 0 Å². The molecule has 2 atom stereocenters. The van der Waals surface area contributed by atoms with Crippen molar-refractivity contribution >= 4 is 17.3 Å². The molecule has 1 aliphatic heterocycles. The van der Waals surface area contributed by atoms with Crippen molar-refractivity contribution in [1.29, 1.82) is 0 Å². The number of hydrogen-bond acceptors (Lipinski definition) is 3. The van der Waals surface area contributed by atoms with E-state index in [0.29, 0.717) is 0 Å². The second-order valence-electron chi connectivity index (χ2n) is 8.98. The lowest BCUT2D eigenvalue weighted by molar-refractivity contribution is 0.292. The molecule has 0 radical (unpaired) electrons. The van der Waals surface area contributed by atoms with Crippen molar-refractivity contribution in [1.82, 2.24) is 24.7 Å². The predicted octanol–water partition coefficient (Wildman–Crippen LogP) is 4.72. The number of nitrogens with zero attached hydrogens (tertiary/aromatic N) is 4. The van der Waals surface area contributed by atoms with Gasteiger partial charge in [0.05, 0.1) is 17.8 Å². The molecule has 0 saturated carbocycles. The van der Waals surface area contributed by atoms with E-state index in [4.69, 9.17) is 12.2 Å². The molecule has 1 saturated heterocycles. The van der Waals surface area contributed by atoms with Gasteiger partial charge in [-0.05, 0) is 102 Å². The monoisotopic (exact) mass is 447 g/mol. The summed E-state index contributed by atoms with van der Waals surface area (Å²) in [7, 11) is 4.23. The van der Waals surface area contributed by atoms with Gasteiger partial charge in [0.25, 0.3) is 0 Å². The summed E-state index contributed by atoms with van der Waals surface area (Å²) in [6.07, 6.45) is 2.92. The van der Waals surface area contributed by atoms with Crippen LogP contribution in [0.4, 0.5) is 0 Å². The van der Waals surface area contributed by atoms with Gasteiger partial charge < -0.3 is 19.7 Å². The highest BCUT2D eigenvalue weighted by atomic mass is 32.1. The van der Waals surface area contributed by atoms with Crippen molar-refractivity contribution in [2.45, 2.75) is 39.3 Å². The average molecular weight is 448 g/mol. The van der Waals surface area contributed by atoms with Crippen LogP contribution in [0, 0.1) is 20.8 Å². The zero-order chi connectivity index (χ0) is 22.8. The van der Waals surface area contributed by atoms with Gasteiger partial charge in [0.1, 0.15) is 0 Å². The molecule has 1 fully saturated rings. The summed E-state index contributed by atoms with van der Waals surface area (Å²) >= 11 is 5.83. The van der Waals surface area contributed by atoms with Gasteiger partial charge in [0, 0.05) is 29.8 Å². The van der Waals surface area contributed by atoms with Gasteiger partial charge in [-0.15, -0.1) is 0 Å². The Labute approximate surface area is 197 Å². The van der Waals surface area contributed by atoms with E-state index in [2.05, 4.69) is 102 Å². The number of pyridine rings is 1. The van der Waals surface area contributed by atoms with Crippen LogP contribution in [0.3, 0.4) is 0 Å². The highest BCUT2D eigenvalue weighted by molar-refractivity contribution is 7.80. The van der Waals surface area contributed by atoms with Crippen LogP contribution >= 0.6 is 12.2 Å². The zero-order valence-corrected chi connectivity index (χ0v) is 20.5. The summed E-state index contributed by atoms with van der Waals surface area (Å²) in [6.45, 7) is 8.49. The van der Waals surface area contributed by atoms with Crippen molar-refractivity contribution in [3.63, 3.8) is 0 Å². The lowest BCUT2D eigenvalue weighted by atomic mass is 9.96. The maximum Gasteiger partial charge on any atom is 0.170 e. The minimum atomic E-state index is 0.0227. The minimum absolute atomic E-state index is 0.0227. The van der Waals surface area contributed by atoms with Crippen LogP contribution in [0.25, 0.3) is 5.69 Å². The molecule has 1 N–H and O–H groups in total. The Bertz CT molecular complexity index is 1090. The molecule has 1 aliphatic rings. The van der Waals surface area contributed by atoms with Crippen LogP contribution in [0.15, 0.2) is 54.7 Å². The Morgan fingerprint density at radius 3 is 2.56 bits per heavy atom. The molecule has 32 heavy (non-hydrogen) atoms. The van der Waals surface area contributed by atoms with Crippen LogP contribution in [-0.2, 0) is 0 Å². The SMILES string of the molecule is Cc1cccc(-n2c(C)cc([C@@H]3[C@H](c4ccccn4)NC(=S)N3CCCN(C)C)c2C)c1. The fraction of sp³-hybridized carbons (Fsp3) is 0.385. The summed E-state index contributed by atoms with van der Waals surface area (Å²) in [6, 6.07) is 17.2.